The number of likely N-dealkylation sites (N-methyl/N-ethyl adjacent to an activating group) is 1. The number of nitrogens with one attached hydrogen (secondary N) is 1. The van der Waals surface area contributed by atoms with Crippen LogP contribution < -0.4 is 5.32 Å². The van der Waals surface area contributed by atoms with Crippen LogP contribution in [-0.4, -0.2) is 64.1 Å². The maximum Gasteiger partial charge on any atom is 0.0634 e. The minimum absolute atomic E-state index is 0.508. The largest absolute Gasteiger partial charge is 0.380 e. The number of nitrogens with zero attached hydrogens (tertiary/aromatic N) is 1. The predicted molar refractivity (Wildman–Crippen MR) is 65.8 cm³/mol. The van der Waals surface area contributed by atoms with E-state index in [0.717, 1.165) is 46.1 Å². The van der Waals surface area contributed by atoms with Crippen molar-refractivity contribution in [2.45, 2.75) is 25.8 Å². The van der Waals surface area contributed by atoms with Gasteiger partial charge in [0, 0.05) is 32.3 Å². The number of hydrogen-bond acceptors (Lipinski definition) is 4. The van der Waals surface area contributed by atoms with Crippen molar-refractivity contribution >= 4 is 0 Å². The molecule has 0 aromatic rings. The first-order valence-electron chi connectivity index (χ1n) is 6.42. The summed E-state index contributed by atoms with van der Waals surface area (Å²) in [5.41, 5.74) is 0. The van der Waals surface area contributed by atoms with Crippen molar-refractivity contribution in [3.8, 4) is 0 Å². The van der Waals surface area contributed by atoms with Gasteiger partial charge in [-0.3, -0.25) is 4.90 Å². The Morgan fingerprint density at radius 1 is 1.44 bits per heavy atom. The van der Waals surface area contributed by atoms with Gasteiger partial charge in [-0.05, 0) is 13.5 Å². The van der Waals surface area contributed by atoms with Crippen molar-refractivity contribution in [1.29, 1.82) is 0 Å². The quantitative estimate of drug-likeness (QED) is 0.623. The summed E-state index contributed by atoms with van der Waals surface area (Å²) < 4.78 is 11.1. The minimum Gasteiger partial charge on any atom is -0.380 e. The van der Waals surface area contributed by atoms with E-state index in [4.69, 9.17) is 9.47 Å². The highest BCUT2D eigenvalue weighted by atomic mass is 16.5. The van der Waals surface area contributed by atoms with Crippen molar-refractivity contribution < 1.29 is 9.47 Å². The van der Waals surface area contributed by atoms with Gasteiger partial charge in [0.25, 0.3) is 0 Å². The Hall–Kier alpha value is -0.160. The zero-order valence-electron chi connectivity index (χ0n) is 10.7. The molecule has 1 heterocycles. The zero-order valence-corrected chi connectivity index (χ0v) is 10.7. The lowest BCUT2D eigenvalue weighted by molar-refractivity contribution is -0.0191. The Morgan fingerprint density at radius 3 is 3.06 bits per heavy atom. The van der Waals surface area contributed by atoms with Crippen LogP contribution in [0.25, 0.3) is 0 Å². The fourth-order valence-electron chi connectivity index (χ4n) is 1.94. The Bertz CT molecular complexity index is 165. The molecular weight excluding hydrogens is 204 g/mol. The van der Waals surface area contributed by atoms with Crippen LogP contribution in [0.5, 0.6) is 0 Å². The first-order chi connectivity index (χ1) is 7.88. The van der Waals surface area contributed by atoms with Gasteiger partial charge in [0.1, 0.15) is 0 Å². The summed E-state index contributed by atoms with van der Waals surface area (Å²) in [6.07, 6.45) is 2.38. The number of unbranched alkanes of at least 4 members (excludes halogenated alkanes) is 1. The second kappa shape index (κ2) is 8.93. The molecule has 1 rings (SSSR count). The van der Waals surface area contributed by atoms with Crippen LogP contribution in [0.1, 0.15) is 19.8 Å². The molecule has 1 unspecified atom stereocenters. The molecule has 0 saturated carbocycles. The smallest absolute Gasteiger partial charge is 0.0634 e. The Labute approximate surface area is 99.3 Å². The van der Waals surface area contributed by atoms with Crippen molar-refractivity contribution in [2.75, 3.05) is 53.1 Å². The van der Waals surface area contributed by atoms with Crippen LogP contribution in [0.3, 0.4) is 0 Å². The van der Waals surface area contributed by atoms with Gasteiger partial charge in [-0.1, -0.05) is 13.3 Å². The molecule has 4 nitrogen and oxygen atoms in total. The van der Waals surface area contributed by atoms with Crippen LogP contribution >= 0.6 is 0 Å². The van der Waals surface area contributed by atoms with Crippen LogP contribution in [0.2, 0.25) is 0 Å². The number of hydrogen-bond donors (Lipinski definition) is 1. The number of morpholine rings is 1. The van der Waals surface area contributed by atoms with Gasteiger partial charge < -0.3 is 14.8 Å². The van der Waals surface area contributed by atoms with Gasteiger partial charge in [-0.25, -0.2) is 0 Å². The lowest BCUT2D eigenvalue weighted by atomic mass is 10.2. The fourth-order valence-corrected chi connectivity index (χ4v) is 1.94. The molecule has 1 saturated heterocycles. The van der Waals surface area contributed by atoms with Gasteiger partial charge in [0.15, 0.2) is 0 Å². The summed E-state index contributed by atoms with van der Waals surface area (Å²) in [5.74, 6) is 0. The highest BCUT2D eigenvalue weighted by molar-refractivity contribution is 4.76. The molecule has 0 bridgehead atoms. The molecule has 96 valence electrons. The number of ether oxygens (including phenoxy) is 2. The Morgan fingerprint density at radius 2 is 2.31 bits per heavy atom. The molecule has 0 aromatic heterocycles. The maximum absolute atomic E-state index is 5.60. The third kappa shape index (κ3) is 5.25. The molecule has 0 aliphatic carbocycles. The normalized spacial score (nSPS) is 22.5. The van der Waals surface area contributed by atoms with Gasteiger partial charge in [0.05, 0.1) is 19.8 Å². The van der Waals surface area contributed by atoms with E-state index in [1.165, 1.54) is 12.8 Å². The Kier molecular flexibility index (Phi) is 7.76. The summed E-state index contributed by atoms with van der Waals surface area (Å²) in [4.78, 5) is 2.46. The van der Waals surface area contributed by atoms with E-state index in [0.29, 0.717) is 6.04 Å². The molecule has 1 aliphatic heterocycles. The van der Waals surface area contributed by atoms with E-state index >= 15 is 0 Å². The van der Waals surface area contributed by atoms with E-state index in [2.05, 4.69) is 17.1 Å². The summed E-state index contributed by atoms with van der Waals surface area (Å²) in [6.45, 7) is 8.69. The molecule has 0 aromatic carbocycles. The van der Waals surface area contributed by atoms with Crippen LogP contribution in [0, 0.1) is 0 Å². The second-order valence-corrected chi connectivity index (χ2v) is 4.29. The number of rotatable bonds is 8. The summed E-state index contributed by atoms with van der Waals surface area (Å²) in [6, 6.07) is 0.508. The lowest BCUT2D eigenvalue weighted by Crippen LogP contribution is -2.50. The fraction of sp³-hybridized carbons (Fsp3) is 1.00. The zero-order chi connectivity index (χ0) is 11.6. The van der Waals surface area contributed by atoms with Crippen LogP contribution in [-0.2, 0) is 9.47 Å². The molecule has 0 spiro atoms. The van der Waals surface area contributed by atoms with Crippen molar-refractivity contribution in [3.63, 3.8) is 0 Å². The molecule has 1 N–H and O–H groups in total. The summed E-state index contributed by atoms with van der Waals surface area (Å²) >= 11 is 0. The predicted octanol–water partition coefficient (Wildman–Crippen LogP) is 0.723. The molecular formula is C12H26N2O2. The third-order valence-electron chi connectivity index (χ3n) is 2.95. The average molecular weight is 230 g/mol. The molecule has 1 aliphatic rings. The lowest BCUT2D eigenvalue weighted by Gasteiger charge is -2.35. The molecule has 0 radical (unpaired) electrons. The van der Waals surface area contributed by atoms with Crippen molar-refractivity contribution in [2.24, 2.45) is 0 Å². The van der Waals surface area contributed by atoms with Gasteiger partial charge in [0.2, 0.25) is 0 Å². The Balaban J connectivity index is 2.11. The SMILES string of the molecule is CCCCOCCN1CCOCC1CNC. The van der Waals surface area contributed by atoms with E-state index in [1.54, 1.807) is 0 Å². The second-order valence-electron chi connectivity index (χ2n) is 4.29. The highest BCUT2D eigenvalue weighted by Gasteiger charge is 2.21. The maximum atomic E-state index is 5.60. The van der Waals surface area contributed by atoms with Crippen LogP contribution in [0.4, 0.5) is 0 Å². The van der Waals surface area contributed by atoms with Crippen LogP contribution in [0.15, 0.2) is 0 Å². The molecule has 0 amide bonds. The molecule has 16 heavy (non-hydrogen) atoms. The van der Waals surface area contributed by atoms with E-state index < -0.39 is 0 Å². The molecule has 4 heteroatoms. The summed E-state index contributed by atoms with van der Waals surface area (Å²) in [5, 5.41) is 3.22. The van der Waals surface area contributed by atoms with Gasteiger partial charge in [-0.2, -0.15) is 0 Å². The van der Waals surface area contributed by atoms with E-state index in [1.807, 2.05) is 7.05 Å². The third-order valence-corrected chi connectivity index (χ3v) is 2.95. The van der Waals surface area contributed by atoms with E-state index in [9.17, 15) is 0 Å². The van der Waals surface area contributed by atoms with E-state index in [-0.39, 0.29) is 0 Å². The first kappa shape index (κ1) is 13.9. The first-order valence-corrected chi connectivity index (χ1v) is 6.42. The van der Waals surface area contributed by atoms with Gasteiger partial charge >= 0.3 is 0 Å². The molecule has 1 atom stereocenters. The highest BCUT2D eigenvalue weighted by Crippen LogP contribution is 2.05. The van der Waals surface area contributed by atoms with Gasteiger partial charge in [-0.15, -0.1) is 0 Å². The minimum atomic E-state index is 0.508. The molecule has 1 fully saturated rings. The average Bonchev–Trinajstić information content (AvgIpc) is 2.31. The topological polar surface area (TPSA) is 33.7 Å². The van der Waals surface area contributed by atoms with Crippen molar-refractivity contribution in [1.82, 2.24) is 10.2 Å². The van der Waals surface area contributed by atoms with Crippen molar-refractivity contribution in [3.05, 3.63) is 0 Å². The monoisotopic (exact) mass is 230 g/mol. The summed E-state index contributed by atoms with van der Waals surface area (Å²) in [7, 11) is 1.99. The standard InChI is InChI=1S/C12H26N2O2/c1-3-4-7-15-8-5-14-6-9-16-11-12(14)10-13-2/h12-13H,3-11H2,1-2H3.